The van der Waals surface area contributed by atoms with E-state index in [0.717, 1.165) is 12.3 Å². The van der Waals surface area contributed by atoms with Crippen molar-refractivity contribution < 1.29 is 28.9 Å². The molecule has 170 valence electrons. The fourth-order valence-corrected chi connectivity index (χ4v) is 3.74. The number of aryl methyl sites for hydroxylation is 2. The Hall–Kier alpha value is -3.17. The topological polar surface area (TPSA) is 113 Å². The van der Waals surface area contributed by atoms with Crippen molar-refractivity contribution >= 4 is 17.0 Å². The van der Waals surface area contributed by atoms with Gasteiger partial charge in [-0.3, -0.25) is 4.79 Å². The first-order valence-electron chi connectivity index (χ1n) is 10.1. The van der Waals surface area contributed by atoms with Gasteiger partial charge in [-0.2, -0.15) is 0 Å². The van der Waals surface area contributed by atoms with Crippen LogP contribution in [-0.2, 0) is 19.4 Å². The number of hydrogen-bond donors (Lipinski definition) is 3. The van der Waals surface area contributed by atoms with E-state index in [1.807, 2.05) is 13.8 Å². The maximum atomic E-state index is 14.0. The molecule has 0 aliphatic heterocycles. The van der Waals surface area contributed by atoms with Crippen molar-refractivity contribution in [1.29, 1.82) is 0 Å². The first kappa shape index (κ1) is 23.5. The summed E-state index contributed by atoms with van der Waals surface area (Å²) in [6.07, 6.45) is 1.38. The van der Waals surface area contributed by atoms with Gasteiger partial charge in [-0.15, -0.1) is 0 Å². The molecule has 32 heavy (non-hydrogen) atoms. The molecule has 0 amide bonds. The normalized spacial score (nSPS) is 12.5. The summed E-state index contributed by atoms with van der Waals surface area (Å²) in [4.78, 5) is 28.9. The molecule has 0 saturated carbocycles. The maximum Gasteiger partial charge on any atom is 0.341 e. The second-order valence-electron chi connectivity index (χ2n) is 7.91. The fraction of sp³-hybridized carbons (Fsp3) is 0.348. The predicted molar refractivity (Wildman–Crippen MR) is 114 cm³/mol. The van der Waals surface area contributed by atoms with Gasteiger partial charge in [0.15, 0.2) is 11.6 Å². The van der Waals surface area contributed by atoms with Crippen molar-refractivity contribution in [3.05, 3.63) is 74.7 Å². The molecule has 2 aromatic heterocycles. The quantitative estimate of drug-likeness (QED) is 0.491. The molecule has 0 aliphatic rings. The van der Waals surface area contributed by atoms with Gasteiger partial charge >= 0.3 is 5.97 Å². The van der Waals surface area contributed by atoms with Gasteiger partial charge in [-0.1, -0.05) is 26.0 Å². The lowest BCUT2D eigenvalue weighted by atomic mass is 10.00. The van der Waals surface area contributed by atoms with Crippen LogP contribution >= 0.6 is 0 Å². The number of carboxylic acids is 1. The summed E-state index contributed by atoms with van der Waals surface area (Å²) in [6, 6.07) is 4.72. The molecular weight excluding hydrogens is 422 g/mol. The highest BCUT2D eigenvalue weighted by atomic mass is 19.2. The standard InChI is InChI=1S/C23H24F2N2O5/c1-12(2)19(11-29)27-9-16(23(31)32)21(30)15-8-14(18(10-28)26-22(15)27)7-6-13-4-3-5-17(24)20(13)25/h3-5,8-9,12,19,28-29H,6-7,10-11H2,1-2H3,(H,31,32)/t19-/m1/s1. The van der Waals surface area contributed by atoms with Gasteiger partial charge in [0, 0.05) is 6.20 Å². The van der Waals surface area contributed by atoms with E-state index in [-0.39, 0.29) is 47.7 Å². The molecule has 3 N–H and O–H groups in total. The Morgan fingerprint density at radius 2 is 1.84 bits per heavy atom. The van der Waals surface area contributed by atoms with Crippen LogP contribution in [0.2, 0.25) is 0 Å². The number of hydrogen-bond acceptors (Lipinski definition) is 5. The third-order valence-corrected chi connectivity index (χ3v) is 5.56. The lowest BCUT2D eigenvalue weighted by molar-refractivity contribution is 0.0694. The van der Waals surface area contributed by atoms with Gasteiger partial charge in [0.25, 0.3) is 0 Å². The van der Waals surface area contributed by atoms with Gasteiger partial charge in [-0.25, -0.2) is 18.6 Å². The molecule has 0 unspecified atom stereocenters. The van der Waals surface area contributed by atoms with E-state index in [1.165, 1.54) is 22.8 Å². The van der Waals surface area contributed by atoms with Crippen LogP contribution in [0.5, 0.6) is 0 Å². The summed E-state index contributed by atoms with van der Waals surface area (Å²) < 4.78 is 29.0. The van der Waals surface area contributed by atoms with Crippen molar-refractivity contribution in [3.8, 4) is 0 Å². The number of fused-ring (bicyclic) bond motifs is 1. The molecule has 1 aromatic carbocycles. The van der Waals surface area contributed by atoms with E-state index in [0.29, 0.717) is 5.56 Å². The SMILES string of the molecule is CC(C)[C@@H](CO)n1cc(C(=O)O)c(=O)c2cc(CCc3cccc(F)c3F)c(CO)nc21. The number of carboxylic acid groups (broad SMARTS) is 1. The van der Waals surface area contributed by atoms with Crippen LogP contribution in [0.15, 0.2) is 35.3 Å². The Labute approximate surface area is 182 Å². The van der Waals surface area contributed by atoms with E-state index < -0.39 is 41.2 Å². The van der Waals surface area contributed by atoms with Gasteiger partial charge in [0.1, 0.15) is 11.2 Å². The van der Waals surface area contributed by atoms with E-state index in [2.05, 4.69) is 4.98 Å². The van der Waals surface area contributed by atoms with Gasteiger partial charge in [-0.05, 0) is 42.0 Å². The number of rotatable bonds is 8. The van der Waals surface area contributed by atoms with E-state index in [1.54, 1.807) is 0 Å². The van der Waals surface area contributed by atoms with Crippen LogP contribution in [0, 0.1) is 17.6 Å². The highest BCUT2D eigenvalue weighted by Gasteiger charge is 2.23. The van der Waals surface area contributed by atoms with Gasteiger partial charge in [0.05, 0.1) is 30.3 Å². The van der Waals surface area contributed by atoms with Crippen molar-refractivity contribution in [2.45, 2.75) is 39.3 Å². The molecule has 7 nitrogen and oxygen atoms in total. The monoisotopic (exact) mass is 446 g/mol. The largest absolute Gasteiger partial charge is 0.477 e. The Morgan fingerprint density at radius 1 is 1.16 bits per heavy atom. The number of pyridine rings is 2. The highest BCUT2D eigenvalue weighted by Crippen LogP contribution is 2.25. The fourth-order valence-electron chi connectivity index (χ4n) is 3.74. The minimum absolute atomic E-state index is 0.0101. The summed E-state index contributed by atoms with van der Waals surface area (Å²) in [5.41, 5.74) is -0.314. The number of carbonyl (C=O) groups is 1. The average Bonchev–Trinajstić information content (AvgIpc) is 2.75. The number of aliphatic hydroxyl groups is 2. The zero-order valence-corrected chi connectivity index (χ0v) is 17.7. The molecule has 0 bridgehead atoms. The van der Waals surface area contributed by atoms with Crippen LogP contribution < -0.4 is 5.43 Å². The van der Waals surface area contributed by atoms with Crippen LogP contribution in [0.4, 0.5) is 8.78 Å². The number of benzene rings is 1. The molecule has 3 rings (SSSR count). The molecule has 0 radical (unpaired) electrons. The molecule has 1 atom stereocenters. The first-order chi connectivity index (χ1) is 15.2. The number of aliphatic hydroxyl groups excluding tert-OH is 2. The van der Waals surface area contributed by atoms with Crippen LogP contribution in [0.1, 0.15) is 47.1 Å². The highest BCUT2D eigenvalue weighted by molar-refractivity contribution is 5.92. The molecule has 2 heterocycles. The lowest BCUT2D eigenvalue weighted by Gasteiger charge is -2.24. The van der Waals surface area contributed by atoms with E-state index in [9.17, 15) is 33.7 Å². The Bertz CT molecular complexity index is 1220. The van der Waals surface area contributed by atoms with Crippen molar-refractivity contribution in [2.24, 2.45) is 5.92 Å². The first-order valence-corrected chi connectivity index (χ1v) is 10.1. The number of nitrogens with zero attached hydrogens (tertiary/aromatic N) is 2. The minimum Gasteiger partial charge on any atom is -0.477 e. The molecule has 0 fully saturated rings. The average molecular weight is 446 g/mol. The van der Waals surface area contributed by atoms with Gasteiger partial charge in [0.2, 0.25) is 5.43 Å². The Kier molecular flexibility index (Phi) is 7.00. The molecule has 9 heteroatoms. The Morgan fingerprint density at radius 3 is 2.44 bits per heavy atom. The number of halogens is 2. The van der Waals surface area contributed by atoms with Crippen LogP contribution in [0.3, 0.4) is 0 Å². The van der Waals surface area contributed by atoms with Crippen molar-refractivity contribution in [2.75, 3.05) is 6.61 Å². The summed E-state index contributed by atoms with van der Waals surface area (Å²) in [5.74, 6) is -3.47. The van der Waals surface area contributed by atoms with E-state index in [4.69, 9.17) is 0 Å². The van der Waals surface area contributed by atoms with Crippen LogP contribution in [0.25, 0.3) is 11.0 Å². The maximum absolute atomic E-state index is 14.0. The lowest BCUT2D eigenvalue weighted by Crippen LogP contribution is -2.26. The molecular formula is C23H24F2N2O5. The smallest absolute Gasteiger partial charge is 0.341 e. The third-order valence-electron chi connectivity index (χ3n) is 5.56. The minimum atomic E-state index is -1.42. The van der Waals surface area contributed by atoms with Crippen LogP contribution in [-0.4, -0.2) is 37.4 Å². The van der Waals surface area contributed by atoms with Crippen molar-refractivity contribution in [1.82, 2.24) is 9.55 Å². The number of aromatic carboxylic acids is 1. The summed E-state index contributed by atoms with van der Waals surface area (Å²) in [6.45, 7) is 2.88. The van der Waals surface area contributed by atoms with E-state index >= 15 is 0 Å². The second kappa shape index (κ2) is 9.54. The van der Waals surface area contributed by atoms with Gasteiger partial charge < -0.3 is 19.9 Å². The number of aromatic nitrogens is 2. The molecule has 3 aromatic rings. The molecule has 0 aliphatic carbocycles. The second-order valence-corrected chi connectivity index (χ2v) is 7.91. The third kappa shape index (κ3) is 4.39. The molecule has 0 saturated heterocycles. The molecule has 0 spiro atoms. The van der Waals surface area contributed by atoms with Crippen molar-refractivity contribution in [3.63, 3.8) is 0 Å². The predicted octanol–water partition coefficient (Wildman–Crippen LogP) is 2.84. The summed E-state index contributed by atoms with van der Waals surface area (Å²) >= 11 is 0. The zero-order chi connectivity index (χ0) is 23.6. The Balaban J connectivity index is 2.19. The summed E-state index contributed by atoms with van der Waals surface area (Å²) in [7, 11) is 0. The zero-order valence-electron chi connectivity index (χ0n) is 17.7. The summed E-state index contributed by atoms with van der Waals surface area (Å²) in [5, 5.41) is 29.2.